The van der Waals surface area contributed by atoms with E-state index in [1.807, 2.05) is 19.1 Å². The van der Waals surface area contributed by atoms with Gasteiger partial charge in [-0.2, -0.15) is 0 Å². The van der Waals surface area contributed by atoms with E-state index >= 15 is 0 Å². The molecule has 2 rings (SSSR count). The minimum atomic E-state index is -2.93. The summed E-state index contributed by atoms with van der Waals surface area (Å²) < 4.78 is 23.8. The smallest absolute Gasteiger partial charge is 0.148 e. The Balaban J connectivity index is 2.09. The minimum Gasteiger partial charge on any atom is -0.306 e. The van der Waals surface area contributed by atoms with E-state index in [1.165, 1.54) is 21.2 Å². The highest BCUT2D eigenvalue weighted by Crippen LogP contribution is 2.29. The molecule has 1 heterocycles. The first kappa shape index (κ1) is 14.5. The van der Waals surface area contributed by atoms with E-state index in [2.05, 4.69) is 30.4 Å². The number of rotatable bonds is 5. The maximum absolute atomic E-state index is 11.3. The third kappa shape index (κ3) is 4.03. The number of fused-ring (bicyclic) bond motifs is 1. The molecule has 0 saturated carbocycles. The number of sulfone groups is 1. The van der Waals surface area contributed by atoms with Crippen LogP contribution in [0.5, 0.6) is 0 Å². The molecule has 2 aromatic rings. The van der Waals surface area contributed by atoms with Gasteiger partial charge in [0, 0.05) is 27.9 Å². The minimum absolute atomic E-state index is 0.0461. The number of nitrogens with one attached hydrogen (secondary N) is 1. The average molecular weight is 297 g/mol. The predicted octanol–water partition coefficient (Wildman–Crippen LogP) is 2.99. The number of thiophene rings is 1. The molecule has 0 bridgehead atoms. The molecular weight excluding hydrogens is 278 g/mol. The van der Waals surface area contributed by atoms with Crippen LogP contribution in [0.4, 0.5) is 0 Å². The fraction of sp³-hybridized carbons (Fsp3) is 0.429. The van der Waals surface area contributed by atoms with Crippen LogP contribution in [0.15, 0.2) is 30.3 Å². The highest BCUT2D eigenvalue weighted by atomic mass is 32.2. The molecule has 1 aromatic heterocycles. The Labute approximate surface area is 118 Å². The van der Waals surface area contributed by atoms with Crippen LogP contribution in [-0.4, -0.2) is 26.5 Å². The zero-order chi connectivity index (χ0) is 14.0. The second-order valence-corrected chi connectivity index (χ2v) is 8.37. The van der Waals surface area contributed by atoms with Crippen molar-refractivity contribution < 1.29 is 8.42 Å². The summed E-state index contributed by atoms with van der Waals surface area (Å²) in [6.45, 7) is 3.98. The summed E-state index contributed by atoms with van der Waals surface area (Å²) in [5.74, 6) is 0.169. The molecule has 1 N–H and O–H groups in total. The van der Waals surface area contributed by atoms with Crippen molar-refractivity contribution in [3.8, 4) is 0 Å². The molecule has 0 fully saturated rings. The van der Waals surface area contributed by atoms with Gasteiger partial charge in [-0.15, -0.1) is 11.3 Å². The molecule has 1 aromatic carbocycles. The molecular formula is C14H19NO2S2. The Bertz CT molecular complexity index is 628. The summed E-state index contributed by atoms with van der Waals surface area (Å²) in [5, 5.41) is 4.59. The topological polar surface area (TPSA) is 46.2 Å². The summed E-state index contributed by atoms with van der Waals surface area (Å²) in [4.78, 5) is 1.24. The van der Waals surface area contributed by atoms with Crippen LogP contribution >= 0.6 is 11.3 Å². The molecule has 19 heavy (non-hydrogen) atoms. The molecule has 0 aliphatic carbocycles. The number of hydrogen-bond acceptors (Lipinski definition) is 4. The third-order valence-corrected chi connectivity index (χ3v) is 5.36. The fourth-order valence-electron chi connectivity index (χ4n) is 2.23. The molecule has 0 saturated heterocycles. The Morgan fingerprint density at radius 1 is 1.26 bits per heavy atom. The second-order valence-electron chi connectivity index (χ2n) is 5.07. The normalized spacial score (nSPS) is 15.5. The Kier molecular flexibility index (Phi) is 4.28. The molecule has 0 spiro atoms. The fourth-order valence-corrected chi connectivity index (χ4v) is 4.31. The van der Waals surface area contributed by atoms with Gasteiger partial charge in [0.05, 0.1) is 5.75 Å². The zero-order valence-electron chi connectivity index (χ0n) is 11.4. The molecule has 2 atom stereocenters. The van der Waals surface area contributed by atoms with Crippen molar-refractivity contribution in [1.29, 1.82) is 0 Å². The van der Waals surface area contributed by atoms with E-state index in [0.29, 0.717) is 0 Å². The molecule has 3 nitrogen and oxygen atoms in total. The Morgan fingerprint density at radius 3 is 2.58 bits per heavy atom. The van der Waals surface area contributed by atoms with Crippen molar-refractivity contribution in [3.05, 3.63) is 35.2 Å². The van der Waals surface area contributed by atoms with Gasteiger partial charge in [0.1, 0.15) is 9.84 Å². The van der Waals surface area contributed by atoms with E-state index in [0.717, 1.165) is 0 Å². The molecule has 5 heteroatoms. The molecule has 0 aliphatic rings. The first-order valence-corrected chi connectivity index (χ1v) is 9.15. The lowest BCUT2D eigenvalue weighted by atomic mass is 10.2. The van der Waals surface area contributed by atoms with Crippen LogP contribution in [0.1, 0.15) is 24.8 Å². The van der Waals surface area contributed by atoms with Gasteiger partial charge >= 0.3 is 0 Å². The van der Waals surface area contributed by atoms with Gasteiger partial charge in [-0.05, 0) is 31.4 Å². The second kappa shape index (κ2) is 5.61. The van der Waals surface area contributed by atoms with Crippen molar-refractivity contribution in [2.45, 2.75) is 25.9 Å². The van der Waals surface area contributed by atoms with Crippen molar-refractivity contribution in [2.75, 3.05) is 12.0 Å². The van der Waals surface area contributed by atoms with Gasteiger partial charge in [-0.3, -0.25) is 0 Å². The van der Waals surface area contributed by atoms with Gasteiger partial charge in [0.2, 0.25) is 0 Å². The van der Waals surface area contributed by atoms with E-state index in [-0.39, 0.29) is 17.8 Å². The van der Waals surface area contributed by atoms with E-state index in [4.69, 9.17) is 0 Å². The predicted molar refractivity (Wildman–Crippen MR) is 82.5 cm³/mol. The highest BCUT2D eigenvalue weighted by Gasteiger charge is 2.15. The van der Waals surface area contributed by atoms with E-state index in [9.17, 15) is 8.42 Å². The summed E-state index contributed by atoms with van der Waals surface area (Å²) in [7, 11) is -2.93. The van der Waals surface area contributed by atoms with Gasteiger partial charge in [0.25, 0.3) is 0 Å². The van der Waals surface area contributed by atoms with Crippen LogP contribution < -0.4 is 5.32 Å². The van der Waals surface area contributed by atoms with Crippen molar-refractivity contribution in [3.63, 3.8) is 0 Å². The van der Waals surface area contributed by atoms with Crippen LogP contribution in [0.2, 0.25) is 0 Å². The lowest BCUT2D eigenvalue weighted by Crippen LogP contribution is -2.34. The van der Waals surface area contributed by atoms with Gasteiger partial charge in [-0.1, -0.05) is 18.2 Å². The van der Waals surface area contributed by atoms with E-state index < -0.39 is 9.84 Å². The molecule has 0 amide bonds. The van der Waals surface area contributed by atoms with Crippen LogP contribution in [0, 0.1) is 0 Å². The Morgan fingerprint density at radius 2 is 1.95 bits per heavy atom. The largest absolute Gasteiger partial charge is 0.306 e. The summed E-state index contributed by atoms with van der Waals surface area (Å²) in [5.41, 5.74) is 0. The van der Waals surface area contributed by atoms with Crippen molar-refractivity contribution >= 4 is 31.3 Å². The Hall–Kier alpha value is -0.910. The standard InChI is InChI=1S/C14H19NO2S2/c1-10(9-19(3,16)17)15-11(2)14-8-12-6-4-5-7-13(12)18-14/h4-8,10-11,15H,9H2,1-3H3. The monoisotopic (exact) mass is 297 g/mol. The van der Waals surface area contributed by atoms with Gasteiger partial charge in [0.15, 0.2) is 0 Å². The van der Waals surface area contributed by atoms with Crippen LogP contribution in [0.25, 0.3) is 10.1 Å². The maximum atomic E-state index is 11.3. The quantitative estimate of drug-likeness (QED) is 0.923. The average Bonchev–Trinajstić information content (AvgIpc) is 2.69. The van der Waals surface area contributed by atoms with E-state index in [1.54, 1.807) is 11.3 Å². The summed E-state index contributed by atoms with van der Waals surface area (Å²) in [6, 6.07) is 10.6. The van der Waals surface area contributed by atoms with Gasteiger partial charge < -0.3 is 5.32 Å². The zero-order valence-corrected chi connectivity index (χ0v) is 13.0. The number of hydrogen-bond donors (Lipinski definition) is 1. The first-order valence-electron chi connectivity index (χ1n) is 6.27. The lowest BCUT2D eigenvalue weighted by Gasteiger charge is -2.18. The van der Waals surface area contributed by atoms with Gasteiger partial charge in [-0.25, -0.2) is 8.42 Å². The molecule has 0 radical (unpaired) electrons. The third-order valence-electron chi connectivity index (χ3n) is 2.96. The lowest BCUT2D eigenvalue weighted by molar-refractivity contribution is 0.506. The molecule has 104 valence electrons. The van der Waals surface area contributed by atoms with Crippen molar-refractivity contribution in [2.24, 2.45) is 0 Å². The first-order chi connectivity index (χ1) is 8.85. The summed E-state index contributed by atoms with van der Waals surface area (Å²) >= 11 is 1.75. The summed E-state index contributed by atoms with van der Waals surface area (Å²) in [6.07, 6.45) is 1.27. The SMILES string of the molecule is CC(CS(C)(=O)=O)NC(C)c1cc2ccccc2s1. The van der Waals surface area contributed by atoms with Crippen molar-refractivity contribution in [1.82, 2.24) is 5.32 Å². The highest BCUT2D eigenvalue weighted by molar-refractivity contribution is 7.90. The van der Waals surface area contributed by atoms with Crippen LogP contribution in [-0.2, 0) is 9.84 Å². The van der Waals surface area contributed by atoms with Crippen LogP contribution in [0.3, 0.4) is 0 Å². The number of benzene rings is 1. The molecule has 0 aliphatic heterocycles. The molecule has 2 unspecified atom stereocenters. The maximum Gasteiger partial charge on any atom is 0.148 e.